The molecular weight excluding hydrogens is 352 g/mol. The molecular formula is C22H26N4O2. The van der Waals surface area contributed by atoms with Crippen molar-refractivity contribution in [1.82, 2.24) is 14.8 Å². The van der Waals surface area contributed by atoms with Gasteiger partial charge in [-0.3, -0.25) is 9.78 Å². The molecule has 2 aliphatic heterocycles. The maximum atomic E-state index is 13.1. The minimum atomic E-state index is -0.0964. The third-order valence-corrected chi connectivity index (χ3v) is 5.81. The molecule has 4 rings (SSSR count). The Morgan fingerprint density at radius 3 is 2.71 bits per heavy atom. The second-order valence-electron chi connectivity index (χ2n) is 7.68. The van der Waals surface area contributed by atoms with Crippen LogP contribution in [0.4, 0.5) is 10.5 Å². The number of likely N-dealkylation sites (tertiary alicyclic amines) is 1. The monoisotopic (exact) mass is 378 g/mol. The van der Waals surface area contributed by atoms with Gasteiger partial charge in [-0.2, -0.15) is 0 Å². The molecule has 3 heterocycles. The van der Waals surface area contributed by atoms with Gasteiger partial charge in [-0.1, -0.05) is 24.3 Å². The highest BCUT2D eigenvalue weighted by Crippen LogP contribution is 2.31. The molecule has 0 spiro atoms. The van der Waals surface area contributed by atoms with Gasteiger partial charge in [-0.25, -0.2) is 4.79 Å². The van der Waals surface area contributed by atoms with Gasteiger partial charge in [0.2, 0.25) is 5.91 Å². The van der Waals surface area contributed by atoms with Gasteiger partial charge in [0.25, 0.3) is 0 Å². The van der Waals surface area contributed by atoms with Gasteiger partial charge in [0.1, 0.15) is 0 Å². The van der Waals surface area contributed by atoms with Crippen LogP contribution in [0.5, 0.6) is 0 Å². The number of rotatable bonds is 4. The zero-order chi connectivity index (χ0) is 19.5. The normalized spacial score (nSPS) is 21.5. The lowest BCUT2D eigenvalue weighted by atomic mass is 10.1. The summed E-state index contributed by atoms with van der Waals surface area (Å²) in [5.41, 5.74) is 2.97. The first-order valence-corrected chi connectivity index (χ1v) is 9.93. The van der Waals surface area contributed by atoms with Crippen LogP contribution in [-0.2, 0) is 17.6 Å². The quantitative estimate of drug-likeness (QED) is 0.889. The fraction of sp³-hybridized carbons (Fsp3) is 0.409. The van der Waals surface area contributed by atoms with E-state index in [4.69, 9.17) is 0 Å². The highest BCUT2D eigenvalue weighted by molar-refractivity contribution is 5.91. The summed E-state index contributed by atoms with van der Waals surface area (Å²) in [4.78, 5) is 33.3. The first kappa shape index (κ1) is 18.5. The molecule has 6 nitrogen and oxygen atoms in total. The Labute approximate surface area is 165 Å². The van der Waals surface area contributed by atoms with E-state index in [0.29, 0.717) is 13.0 Å². The highest BCUT2D eigenvalue weighted by Gasteiger charge is 2.42. The number of urea groups is 1. The van der Waals surface area contributed by atoms with Gasteiger partial charge in [0, 0.05) is 43.6 Å². The molecule has 2 aromatic rings. The number of likely N-dealkylation sites (N-methyl/N-ethyl adjacent to an activating group) is 1. The van der Waals surface area contributed by atoms with Crippen molar-refractivity contribution in [1.29, 1.82) is 0 Å². The molecule has 2 atom stereocenters. The van der Waals surface area contributed by atoms with Crippen LogP contribution in [0, 0.1) is 0 Å². The van der Waals surface area contributed by atoms with E-state index in [9.17, 15) is 9.59 Å². The van der Waals surface area contributed by atoms with Crippen LogP contribution in [0.15, 0.2) is 48.7 Å². The number of carbonyl (C=O) groups is 2. The molecule has 0 unspecified atom stereocenters. The van der Waals surface area contributed by atoms with E-state index in [0.717, 1.165) is 42.6 Å². The first-order chi connectivity index (χ1) is 13.6. The average Bonchev–Trinajstić information content (AvgIpc) is 3.04. The van der Waals surface area contributed by atoms with E-state index < -0.39 is 0 Å². The fourth-order valence-electron chi connectivity index (χ4n) is 4.30. The van der Waals surface area contributed by atoms with Crippen molar-refractivity contribution in [3.8, 4) is 0 Å². The lowest BCUT2D eigenvalue weighted by Crippen LogP contribution is -2.45. The van der Waals surface area contributed by atoms with E-state index in [1.54, 1.807) is 11.1 Å². The SMILES string of the molecule is CN1C[C@@H]2CC[C@H](CC1=O)N2C(=O)Nc1ccccc1CCc1ccccn1. The predicted molar refractivity (Wildman–Crippen MR) is 108 cm³/mol. The van der Waals surface area contributed by atoms with E-state index in [2.05, 4.69) is 10.3 Å². The Balaban J connectivity index is 1.47. The van der Waals surface area contributed by atoms with Crippen LogP contribution in [0.3, 0.4) is 0 Å². The molecule has 0 aliphatic carbocycles. The molecule has 146 valence electrons. The number of amides is 3. The number of fused-ring (bicyclic) bond motifs is 2. The summed E-state index contributed by atoms with van der Waals surface area (Å²) in [6.45, 7) is 0.615. The van der Waals surface area contributed by atoms with Crippen molar-refractivity contribution in [3.05, 3.63) is 59.9 Å². The van der Waals surface area contributed by atoms with Crippen molar-refractivity contribution in [3.63, 3.8) is 0 Å². The van der Waals surface area contributed by atoms with Crippen molar-refractivity contribution in [2.75, 3.05) is 18.9 Å². The molecule has 1 aromatic carbocycles. The smallest absolute Gasteiger partial charge is 0.322 e. The molecule has 28 heavy (non-hydrogen) atoms. The van der Waals surface area contributed by atoms with E-state index in [-0.39, 0.29) is 24.0 Å². The fourth-order valence-corrected chi connectivity index (χ4v) is 4.30. The number of para-hydroxylation sites is 1. The molecule has 1 aromatic heterocycles. The summed E-state index contributed by atoms with van der Waals surface area (Å²) in [5, 5.41) is 3.11. The highest BCUT2D eigenvalue weighted by atomic mass is 16.2. The van der Waals surface area contributed by atoms with Gasteiger partial charge >= 0.3 is 6.03 Å². The Morgan fingerprint density at radius 1 is 1.11 bits per heavy atom. The zero-order valence-corrected chi connectivity index (χ0v) is 16.2. The Bertz CT molecular complexity index is 855. The maximum Gasteiger partial charge on any atom is 0.322 e. The van der Waals surface area contributed by atoms with Crippen LogP contribution in [0.2, 0.25) is 0 Å². The number of nitrogens with zero attached hydrogens (tertiary/aromatic N) is 3. The number of anilines is 1. The summed E-state index contributed by atoms with van der Waals surface area (Å²) in [6, 6.07) is 13.9. The van der Waals surface area contributed by atoms with Crippen molar-refractivity contribution in [2.45, 2.75) is 44.2 Å². The number of pyridine rings is 1. The van der Waals surface area contributed by atoms with E-state index in [1.807, 2.05) is 54.4 Å². The number of nitrogens with one attached hydrogen (secondary N) is 1. The van der Waals surface area contributed by atoms with Crippen LogP contribution in [0.1, 0.15) is 30.5 Å². The number of carbonyl (C=O) groups excluding carboxylic acids is 2. The minimum absolute atomic E-state index is 0.00290. The predicted octanol–water partition coefficient (Wildman–Crippen LogP) is 3.09. The largest absolute Gasteiger partial charge is 0.344 e. The Morgan fingerprint density at radius 2 is 1.89 bits per heavy atom. The molecule has 2 saturated heterocycles. The van der Waals surface area contributed by atoms with Gasteiger partial charge in [0.05, 0.1) is 6.04 Å². The second kappa shape index (κ2) is 8.00. The Hall–Kier alpha value is -2.89. The minimum Gasteiger partial charge on any atom is -0.344 e. The number of benzene rings is 1. The standard InChI is InChI=1S/C22H26N4O2/c1-25-15-19-12-11-18(14-21(25)27)26(19)22(28)24-20-8-3-2-6-16(20)9-10-17-7-4-5-13-23-17/h2-8,13,18-19H,9-12,14-15H2,1H3,(H,24,28)/t18-,19+/m1/s1. The van der Waals surface area contributed by atoms with Crippen molar-refractivity contribution >= 4 is 17.6 Å². The number of hydrogen-bond acceptors (Lipinski definition) is 3. The molecule has 6 heteroatoms. The lowest BCUT2D eigenvalue weighted by molar-refractivity contribution is -0.130. The summed E-state index contributed by atoms with van der Waals surface area (Å²) in [7, 11) is 1.83. The number of aromatic nitrogens is 1. The van der Waals surface area contributed by atoms with Crippen molar-refractivity contribution in [2.24, 2.45) is 0 Å². The molecule has 2 bridgehead atoms. The van der Waals surface area contributed by atoms with Crippen LogP contribution < -0.4 is 5.32 Å². The second-order valence-corrected chi connectivity index (χ2v) is 7.68. The molecule has 1 N–H and O–H groups in total. The van der Waals surface area contributed by atoms with E-state index >= 15 is 0 Å². The maximum absolute atomic E-state index is 13.1. The Kier molecular flexibility index (Phi) is 5.28. The summed E-state index contributed by atoms with van der Waals surface area (Å²) in [5.74, 6) is 0.126. The third-order valence-electron chi connectivity index (χ3n) is 5.81. The number of aryl methyl sites for hydroxylation is 2. The first-order valence-electron chi connectivity index (χ1n) is 9.93. The summed E-state index contributed by atoms with van der Waals surface area (Å²) < 4.78 is 0. The average molecular weight is 378 g/mol. The molecule has 0 saturated carbocycles. The summed E-state index contributed by atoms with van der Waals surface area (Å²) >= 11 is 0. The topological polar surface area (TPSA) is 65.5 Å². The number of hydrogen-bond donors (Lipinski definition) is 1. The van der Waals surface area contributed by atoms with Gasteiger partial charge in [-0.05, 0) is 49.4 Å². The molecule has 3 amide bonds. The van der Waals surface area contributed by atoms with Gasteiger partial charge < -0.3 is 15.1 Å². The zero-order valence-electron chi connectivity index (χ0n) is 16.2. The van der Waals surface area contributed by atoms with Crippen molar-refractivity contribution < 1.29 is 9.59 Å². The van der Waals surface area contributed by atoms with E-state index in [1.165, 1.54) is 0 Å². The molecule has 2 fully saturated rings. The van der Waals surface area contributed by atoms with Crippen LogP contribution in [0.25, 0.3) is 0 Å². The van der Waals surface area contributed by atoms with Crippen LogP contribution in [-0.4, -0.2) is 52.4 Å². The third kappa shape index (κ3) is 3.86. The lowest BCUT2D eigenvalue weighted by Gasteiger charge is -2.28. The molecule has 2 aliphatic rings. The van der Waals surface area contributed by atoms with Gasteiger partial charge in [-0.15, -0.1) is 0 Å². The summed E-state index contributed by atoms with van der Waals surface area (Å²) in [6.07, 6.45) is 5.71. The van der Waals surface area contributed by atoms with Crippen LogP contribution >= 0.6 is 0 Å². The van der Waals surface area contributed by atoms with Gasteiger partial charge in [0.15, 0.2) is 0 Å². The molecule has 0 radical (unpaired) electrons.